The minimum atomic E-state index is 0.105. The number of nitrogens with one attached hydrogen (secondary N) is 1. The highest BCUT2D eigenvalue weighted by Crippen LogP contribution is 2.39. The van der Waals surface area contributed by atoms with E-state index < -0.39 is 0 Å². The molecule has 1 heterocycles. The second kappa shape index (κ2) is 8.30. The topological polar surface area (TPSA) is 33.1 Å². The van der Waals surface area contributed by atoms with Crippen molar-refractivity contribution in [3.63, 3.8) is 0 Å². The molecule has 0 amide bonds. The van der Waals surface area contributed by atoms with E-state index in [1.807, 2.05) is 6.20 Å². The van der Waals surface area contributed by atoms with E-state index in [9.17, 15) is 0 Å². The highest BCUT2D eigenvalue weighted by molar-refractivity contribution is 9.10. The van der Waals surface area contributed by atoms with E-state index in [1.165, 1.54) is 5.69 Å². The third kappa shape index (κ3) is 3.35. The van der Waals surface area contributed by atoms with Crippen LogP contribution in [0, 0.1) is 0 Å². The molecule has 1 N–H and O–H groups in total. The first-order valence-corrected chi connectivity index (χ1v) is 8.98. The zero-order valence-corrected chi connectivity index (χ0v) is 16.0. The van der Waals surface area contributed by atoms with Gasteiger partial charge in [0.25, 0.3) is 0 Å². The maximum atomic E-state index is 4.51. The summed E-state index contributed by atoms with van der Waals surface area (Å²) < 4.78 is 3.21. The summed E-state index contributed by atoms with van der Waals surface area (Å²) in [6.45, 7) is 14.3. The first-order valence-electron chi connectivity index (χ1n) is 8.19. The lowest BCUT2D eigenvalue weighted by Crippen LogP contribution is -2.56. The molecule has 1 unspecified atom stereocenters. The Morgan fingerprint density at radius 2 is 1.81 bits per heavy atom. The van der Waals surface area contributed by atoms with E-state index in [0.717, 1.165) is 36.9 Å². The van der Waals surface area contributed by atoms with E-state index in [2.05, 4.69) is 77.6 Å². The summed E-state index contributed by atoms with van der Waals surface area (Å²) in [6, 6.07) is 0.254. The van der Waals surface area contributed by atoms with Gasteiger partial charge < -0.3 is 5.32 Å². The largest absolute Gasteiger partial charge is 0.310 e. The normalized spacial score (nSPS) is 13.9. The average Bonchev–Trinajstić information content (AvgIpc) is 2.88. The molecule has 0 aliphatic carbocycles. The molecule has 0 radical (unpaired) electrons. The quantitative estimate of drug-likeness (QED) is 0.728. The fourth-order valence-electron chi connectivity index (χ4n) is 3.71. The number of hydrogen-bond donors (Lipinski definition) is 1. The number of aromatic nitrogens is 2. The summed E-state index contributed by atoms with van der Waals surface area (Å²) in [4.78, 5) is 2.59. The van der Waals surface area contributed by atoms with Crippen LogP contribution < -0.4 is 5.32 Å². The van der Waals surface area contributed by atoms with Crippen molar-refractivity contribution in [3.05, 3.63) is 16.4 Å². The molecule has 0 aromatic carbocycles. The van der Waals surface area contributed by atoms with Crippen LogP contribution in [-0.4, -0.2) is 40.4 Å². The molecule has 0 aliphatic rings. The lowest BCUT2D eigenvalue weighted by Gasteiger charge is -2.48. The van der Waals surface area contributed by atoms with Crippen molar-refractivity contribution < 1.29 is 0 Å². The Balaban J connectivity index is 3.40. The van der Waals surface area contributed by atoms with E-state index in [0.29, 0.717) is 0 Å². The Bertz CT molecular complexity index is 422. The van der Waals surface area contributed by atoms with E-state index >= 15 is 0 Å². The molecule has 4 nitrogen and oxygen atoms in total. The van der Waals surface area contributed by atoms with Gasteiger partial charge in [0.15, 0.2) is 0 Å². The Morgan fingerprint density at radius 3 is 2.19 bits per heavy atom. The monoisotopic (exact) mass is 358 g/mol. The van der Waals surface area contributed by atoms with Crippen LogP contribution in [0.3, 0.4) is 0 Å². The molecule has 1 aromatic heterocycles. The number of likely N-dealkylation sites (N-methyl/N-ethyl adjacent to an activating group) is 2. The molecule has 0 saturated carbocycles. The molecule has 0 aliphatic heterocycles. The van der Waals surface area contributed by atoms with Crippen LogP contribution >= 0.6 is 15.9 Å². The van der Waals surface area contributed by atoms with Crippen LogP contribution in [0.4, 0.5) is 0 Å². The second-order valence-electron chi connectivity index (χ2n) is 5.40. The summed E-state index contributed by atoms with van der Waals surface area (Å²) in [5, 5.41) is 8.09. The van der Waals surface area contributed by atoms with Crippen molar-refractivity contribution in [1.82, 2.24) is 20.0 Å². The predicted molar refractivity (Wildman–Crippen MR) is 93.6 cm³/mol. The molecule has 5 heteroatoms. The minimum absolute atomic E-state index is 0.105. The maximum absolute atomic E-state index is 4.51. The number of aryl methyl sites for hydroxylation is 1. The Morgan fingerprint density at radius 1 is 1.24 bits per heavy atom. The predicted octanol–water partition coefficient (Wildman–Crippen LogP) is 3.83. The number of hydrogen-bond acceptors (Lipinski definition) is 3. The minimum Gasteiger partial charge on any atom is -0.310 e. The van der Waals surface area contributed by atoms with Crippen molar-refractivity contribution in [3.8, 4) is 0 Å². The second-order valence-corrected chi connectivity index (χ2v) is 6.25. The fourth-order valence-corrected chi connectivity index (χ4v) is 4.24. The Hall–Kier alpha value is -0.390. The lowest BCUT2D eigenvalue weighted by molar-refractivity contribution is 0.0481. The number of nitrogens with zero attached hydrogens (tertiary/aromatic N) is 3. The van der Waals surface area contributed by atoms with Crippen LogP contribution in [0.15, 0.2) is 10.7 Å². The van der Waals surface area contributed by atoms with Gasteiger partial charge in [-0.2, -0.15) is 5.10 Å². The van der Waals surface area contributed by atoms with Gasteiger partial charge >= 0.3 is 0 Å². The zero-order valence-electron chi connectivity index (χ0n) is 14.4. The fraction of sp³-hybridized carbons (Fsp3) is 0.812. The van der Waals surface area contributed by atoms with Crippen LogP contribution in [0.5, 0.6) is 0 Å². The van der Waals surface area contributed by atoms with Crippen LogP contribution in [-0.2, 0) is 6.54 Å². The molecule has 21 heavy (non-hydrogen) atoms. The smallest absolute Gasteiger partial charge is 0.0714 e. The summed E-state index contributed by atoms with van der Waals surface area (Å²) in [5.74, 6) is 0. The molecule has 0 spiro atoms. The first-order chi connectivity index (χ1) is 10.1. The highest BCUT2D eigenvalue weighted by atomic mass is 79.9. The van der Waals surface area contributed by atoms with E-state index in [-0.39, 0.29) is 11.6 Å². The third-order valence-corrected chi connectivity index (χ3v) is 5.46. The Kier molecular flexibility index (Phi) is 7.37. The summed E-state index contributed by atoms with van der Waals surface area (Å²) in [7, 11) is 2.06. The SMILES string of the molecule is CCN(CC)C(CC)(CC)C(NC)c1c(Br)cnn1CC. The molecule has 0 fully saturated rings. The molecule has 0 bridgehead atoms. The summed E-state index contributed by atoms with van der Waals surface area (Å²) in [6.07, 6.45) is 4.14. The van der Waals surface area contributed by atoms with Crippen molar-refractivity contribution in [2.75, 3.05) is 20.1 Å². The van der Waals surface area contributed by atoms with Gasteiger partial charge in [-0.1, -0.05) is 27.7 Å². The third-order valence-electron chi connectivity index (χ3n) is 4.85. The van der Waals surface area contributed by atoms with E-state index in [4.69, 9.17) is 0 Å². The molecule has 1 rings (SSSR count). The molecule has 0 saturated heterocycles. The van der Waals surface area contributed by atoms with Crippen molar-refractivity contribution in [2.45, 2.75) is 65.6 Å². The van der Waals surface area contributed by atoms with Crippen molar-refractivity contribution in [1.29, 1.82) is 0 Å². The van der Waals surface area contributed by atoms with E-state index in [1.54, 1.807) is 0 Å². The van der Waals surface area contributed by atoms with Gasteiger partial charge in [-0.05, 0) is 55.8 Å². The number of rotatable bonds is 9. The summed E-state index contributed by atoms with van der Waals surface area (Å²) in [5.41, 5.74) is 1.36. The van der Waals surface area contributed by atoms with Crippen LogP contribution in [0.25, 0.3) is 0 Å². The van der Waals surface area contributed by atoms with Gasteiger partial charge in [-0.25, -0.2) is 0 Å². The van der Waals surface area contributed by atoms with Crippen LogP contribution in [0.2, 0.25) is 0 Å². The molecule has 1 atom stereocenters. The molecular formula is C16H31BrN4. The van der Waals surface area contributed by atoms with Crippen molar-refractivity contribution >= 4 is 15.9 Å². The Labute approximate surface area is 138 Å². The maximum Gasteiger partial charge on any atom is 0.0714 e. The van der Waals surface area contributed by atoms with Gasteiger partial charge in [0.1, 0.15) is 0 Å². The highest BCUT2D eigenvalue weighted by Gasteiger charge is 2.42. The first kappa shape index (κ1) is 18.7. The average molecular weight is 359 g/mol. The summed E-state index contributed by atoms with van der Waals surface area (Å²) >= 11 is 3.70. The number of halogens is 1. The van der Waals surface area contributed by atoms with Gasteiger partial charge in [0, 0.05) is 12.1 Å². The van der Waals surface area contributed by atoms with Gasteiger partial charge in [-0.3, -0.25) is 9.58 Å². The van der Waals surface area contributed by atoms with Crippen molar-refractivity contribution in [2.24, 2.45) is 0 Å². The zero-order chi connectivity index (χ0) is 16.0. The molecular weight excluding hydrogens is 328 g/mol. The van der Waals surface area contributed by atoms with Crippen LogP contribution in [0.1, 0.15) is 59.2 Å². The molecule has 122 valence electrons. The standard InChI is InChI=1S/C16H31BrN4/c1-7-16(8-2,20(9-3)10-4)15(18-6)14-13(17)12-19-21(14)11-5/h12,15,18H,7-11H2,1-6H3. The van der Waals surface area contributed by atoms with Gasteiger partial charge in [0.05, 0.1) is 22.4 Å². The molecule has 1 aromatic rings. The lowest BCUT2D eigenvalue weighted by atomic mass is 9.80. The van der Waals surface area contributed by atoms with Gasteiger partial charge in [0.2, 0.25) is 0 Å². The van der Waals surface area contributed by atoms with Gasteiger partial charge in [-0.15, -0.1) is 0 Å².